The zero-order valence-corrected chi connectivity index (χ0v) is 17.1. The first kappa shape index (κ1) is 18.9. The maximum absolute atomic E-state index is 11.9. The monoisotopic (exact) mass is 399 g/mol. The molecule has 1 aromatic carbocycles. The van der Waals surface area contributed by atoms with Gasteiger partial charge in [0, 0.05) is 30.4 Å². The first-order chi connectivity index (χ1) is 13.4. The Hall–Kier alpha value is -2.41. The second-order valence-electron chi connectivity index (χ2n) is 7.55. The number of fused-ring (bicyclic) bond motifs is 1. The summed E-state index contributed by atoms with van der Waals surface area (Å²) in [6.07, 6.45) is 2.53. The minimum atomic E-state index is -2.95. The van der Waals surface area contributed by atoms with Gasteiger partial charge in [0.05, 0.1) is 29.9 Å². The van der Waals surface area contributed by atoms with Crippen LogP contribution in [-0.2, 0) is 16.4 Å². The molecule has 148 valence electrons. The van der Waals surface area contributed by atoms with E-state index in [2.05, 4.69) is 22.0 Å². The molecule has 7 heteroatoms. The molecule has 0 spiro atoms. The van der Waals surface area contributed by atoms with Crippen LogP contribution in [0.25, 0.3) is 0 Å². The van der Waals surface area contributed by atoms with Crippen LogP contribution in [0.1, 0.15) is 37.0 Å². The van der Waals surface area contributed by atoms with Crippen molar-refractivity contribution >= 4 is 21.4 Å². The zero-order chi connectivity index (χ0) is 19.7. The third-order valence-corrected chi connectivity index (χ3v) is 6.73. The Morgan fingerprint density at radius 3 is 2.79 bits per heavy atom. The van der Waals surface area contributed by atoms with Gasteiger partial charge in [0.2, 0.25) is 0 Å². The lowest BCUT2D eigenvalue weighted by Gasteiger charge is -2.21. The van der Waals surface area contributed by atoms with Crippen LogP contribution in [0, 0.1) is 0 Å². The maximum Gasteiger partial charge on any atom is 0.152 e. The van der Waals surface area contributed by atoms with E-state index in [1.807, 2.05) is 32.0 Å². The molecule has 6 nitrogen and oxygen atoms in total. The van der Waals surface area contributed by atoms with Crippen molar-refractivity contribution in [1.29, 1.82) is 0 Å². The molecule has 1 saturated heterocycles. The van der Waals surface area contributed by atoms with Gasteiger partial charge < -0.3 is 9.64 Å². The Balaban J connectivity index is 1.61. The smallest absolute Gasteiger partial charge is 0.152 e. The molecule has 3 heterocycles. The summed E-state index contributed by atoms with van der Waals surface area (Å²) in [6, 6.07) is 10.1. The highest BCUT2D eigenvalue weighted by Gasteiger charge is 2.22. The van der Waals surface area contributed by atoms with Crippen molar-refractivity contribution in [3.8, 4) is 5.75 Å². The average Bonchev–Trinajstić information content (AvgIpc) is 2.98. The summed E-state index contributed by atoms with van der Waals surface area (Å²) >= 11 is 0. The Kier molecular flexibility index (Phi) is 5.10. The van der Waals surface area contributed by atoms with Gasteiger partial charge in [-0.2, -0.15) is 0 Å². The van der Waals surface area contributed by atoms with Crippen molar-refractivity contribution < 1.29 is 13.2 Å². The number of nitrogens with zero attached hydrogens (tertiary/aromatic N) is 3. The van der Waals surface area contributed by atoms with E-state index in [1.54, 1.807) is 6.20 Å². The molecule has 0 N–H and O–H groups in total. The largest absolute Gasteiger partial charge is 0.491 e. The van der Waals surface area contributed by atoms with Gasteiger partial charge in [0.1, 0.15) is 11.6 Å². The van der Waals surface area contributed by atoms with E-state index in [4.69, 9.17) is 9.73 Å². The molecular weight excluding hydrogens is 374 g/mol. The number of ether oxygens (including phenoxy) is 1. The molecular formula is C21H25N3O3S. The number of pyridine rings is 1. The summed E-state index contributed by atoms with van der Waals surface area (Å²) in [7, 11) is -2.95. The maximum atomic E-state index is 11.9. The van der Waals surface area contributed by atoms with E-state index in [-0.39, 0.29) is 17.6 Å². The zero-order valence-electron chi connectivity index (χ0n) is 16.3. The second-order valence-corrected chi connectivity index (χ2v) is 9.85. The van der Waals surface area contributed by atoms with Crippen LogP contribution in [0.4, 0.5) is 5.82 Å². The molecule has 1 aromatic heterocycles. The van der Waals surface area contributed by atoms with Gasteiger partial charge in [0.15, 0.2) is 9.84 Å². The summed E-state index contributed by atoms with van der Waals surface area (Å²) in [4.78, 5) is 11.3. The Morgan fingerprint density at radius 2 is 1.96 bits per heavy atom. The number of hydrogen-bond donors (Lipinski definition) is 0. The highest BCUT2D eigenvalue weighted by atomic mass is 32.2. The fraction of sp³-hybridized carbons (Fsp3) is 0.429. The Bertz CT molecular complexity index is 1020. The number of hydrogen-bond acceptors (Lipinski definition) is 6. The molecule has 28 heavy (non-hydrogen) atoms. The number of aromatic nitrogens is 1. The molecule has 0 radical (unpaired) electrons. The molecule has 4 rings (SSSR count). The van der Waals surface area contributed by atoms with Crippen molar-refractivity contribution in [2.45, 2.75) is 32.9 Å². The third kappa shape index (κ3) is 4.04. The lowest BCUT2D eigenvalue weighted by Crippen LogP contribution is -2.27. The van der Waals surface area contributed by atoms with Gasteiger partial charge in [-0.15, -0.1) is 0 Å². The van der Waals surface area contributed by atoms with Crippen LogP contribution in [0.2, 0.25) is 0 Å². The first-order valence-electron chi connectivity index (χ1n) is 9.67. The standard InChI is InChI=1S/C21H25N3O3S/c1-15(2)27-18-5-4-17-14-23-21(19(17)13-18)16-6-7-22-20(12-16)24-8-3-10-28(25,26)11-9-24/h4-7,12-13,15H,3,8-11,14H2,1-2H3. The highest BCUT2D eigenvalue weighted by molar-refractivity contribution is 7.91. The molecule has 2 aliphatic heterocycles. The minimum Gasteiger partial charge on any atom is -0.491 e. The van der Waals surface area contributed by atoms with E-state index < -0.39 is 9.84 Å². The predicted molar refractivity (Wildman–Crippen MR) is 111 cm³/mol. The van der Waals surface area contributed by atoms with E-state index in [0.29, 0.717) is 26.1 Å². The van der Waals surface area contributed by atoms with Crippen LogP contribution >= 0.6 is 0 Å². The Morgan fingerprint density at radius 1 is 1.11 bits per heavy atom. The molecule has 2 aliphatic rings. The van der Waals surface area contributed by atoms with Crippen molar-refractivity contribution in [3.05, 3.63) is 53.2 Å². The number of aliphatic imine (C=N–C) groups is 1. The van der Waals surface area contributed by atoms with Crippen molar-refractivity contribution in [2.24, 2.45) is 4.99 Å². The van der Waals surface area contributed by atoms with E-state index in [0.717, 1.165) is 28.4 Å². The number of anilines is 1. The van der Waals surface area contributed by atoms with Gasteiger partial charge in [-0.05, 0) is 50.1 Å². The summed E-state index contributed by atoms with van der Waals surface area (Å²) in [5.74, 6) is 2.08. The molecule has 0 unspecified atom stereocenters. The first-order valence-corrected chi connectivity index (χ1v) is 11.5. The van der Waals surface area contributed by atoms with Gasteiger partial charge in [-0.25, -0.2) is 13.4 Å². The quantitative estimate of drug-likeness (QED) is 0.791. The number of benzene rings is 1. The summed E-state index contributed by atoms with van der Waals surface area (Å²) in [6.45, 7) is 5.86. The third-order valence-electron chi connectivity index (χ3n) is 5.01. The number of rotatable bonds is 4. The summed E-state index contributed by atoms with van der Waals surface area (Å²) < 4.78 is 29.6. The normalized spacial score (nSPS) is 18.5. The van der Waals surface area contributed by atoms with Gasteiger partial charge >= 0.3 is 0 Å². The van der Waals surface area contributed by atoms with Crippen LogP contribution in [0.5, 0.6) is 5.75 Å². The van der Waals surface area contributed by atoms with Gasteiger partial charge in [-0.3, -0.25) is 4.99 Å². The minimum absolute atomic E-state index is 0.117. The SMILES string of the molecule is CC(C)Oc1ccc2c(c1)C(c1ccnc(N3CCCS(=O)(=O)CC3)c1)=NC2. The number of sulfone groups is 1. The molecule has 0 atom stereocenters. The van der Waals surface area contributed by atoms with Crippen molar-refractivity contribution in [3.63, 3.8) is 0 Å². The van der Waals surface area contributed by atoms with Crippen molar-refractivity contribution in [2.75, 3.05) is 29.5 Å². The summed E-state index contributed by atoms with van der Waals surface area (Å²) in [5, 5.41) is 0. The molecule has 2 aromatic rings. The van der Waals surface area contributed by atoms with Crippen LogP contribution < -0.4 is 9.64 Å². The van der Waals surface area contributed by atoms with Crippen LogP contribution in [-0.4, -0.2) is 49.8 Å². The molecule has 0 amide bonds. The van der Waals surface area contributed by atoms with Gasteiger partial charge in [-0.1, -0.05) is 6.07 Å². The predicted octanol–water partition coefficient (Wildman–Crippen LogP) is 2.84. The molecule has 0 saturated carbocycles. The second kappa shape index (κ2) is 7.54. The molecule has 0 bridgehead atoms. The molecule has 0 aliphatic carbocycles. The van der Waals surface area contributed by atoms with Crippen LogP contribution in [0.15, 0.2) is 41.5 Å². The van der Waals surface area contributed by atoms with Gasteiger partial charge in [0.25, 0.3) is 0 Å². The lowest BCUT2D eigenvalue weighted by atomic mass is 10.0. The van der Waals surface area contributed by atoms with Crippen molar-refractivity contribution in [1.82, 2.24) is 4.98 Å². The van der Waals surface area contributed by atoms with E-state index >= 15 is 0 Å². The lowest BCUT2D eigenvalue weighted by molar-refractivity contribution is 0.242. The average molecular weight is 400 g/mol. The van der Waals surface area contributed by atoms with Crippen LogP contribution in [0.3, 0.4) is 0 Å². The van der Waals surface area contributed by atoms with E-state index in [9.17, 15) is 8.42 Å². The highest BCUT2D eigenvalue weighted by Crippen LogP contribution is 2.28. The fourth-order valence-electron chi connectivity index (χ4n) is 3.66. The topological polar surface area (TPSA) is 71.9 Å². The van der Waals surface area contributed by atoms with E-state index in [1.165, 1.54) is 5.56 Å². The fourth-order valence-corrected chi connectivity index (χ4v) is 4.93. The molecule has 1 fully saturated rings. The summed E-state index contributed by atoms with van der Waals surface area (Å²) in [5.41, 5.74) is 4.21. The Labute approximate surface area is 166 Å².